The SMILES string of the molecule is CCC(CO)(CO)CO.O=[N+]([O-])O.O=[N+]([O-])O.O=[N+]([O-])O. The number of hydrogen-bond donors (Lipinski definition) is 6. The van der Waals surface area contributed by atoms with E-state index in [2.05, 4.69) is 0 Å². The highest BCUT2D eigenvalue weighted by molar-refractivity contribution is 4.74. The van der Waals surface area contributed by atoms with Gasteiger partial charge in [-0.2, -0.15) is 0 Å². The summed E-state index contributed by atoms with van der Waals surface area (Å²) in [6, 6.07) is 0. The fraction of sp³-hybridized carbons (Fsp3) is 1.00. The van der Waals surface area contributed by atoms with Crippen LogP contribution in [0.25, 0.3) is 0 Å². The van der Waals surface area contributed by atoms with Crippen LogP contribution in [0.1, 0.15) is 13.3 Å². The highest BCUT2D eigenvalue weighted by Gasteiger charge is 2.24. The van der Waals surface area contributed by atoms with Crippen molar-refractivity contribution in [2.75, 3.05) is 19.8 Å². The summed E-state index contributed by atoms with van der Waals surface area (Å²) >= 11 is 0. The predicted octanol–water partition coefficient (Wildman–Crippen LogP) is -1.68. The molecule has 0 saturated carbocycles. The molecule has 0 unspecified atom stereocenters. The fourth-order valence-corrected chi connectivity index (χ4v) is 0.485. The molecule has 0 aliphatic rings. The van der Waals surface area contributed by atoms with Crippen LogP contribution in [0.3, 0.4) is 0 Å². The summed E-state index contributed by atoms with van der Waals surface area (Å²) < 4.78 is 0. The minimum Gasteiger partial charge on any atom is -0.396 e. The third kappa shape index (κ3) is 46.6. The van der Waals surface area contributed by atoms with Gasteiger partial charge in [0, 0.05) is 5.41 Å². The minimum atomic E-state index is -1.50. The van der Waals surface area contributed by atoms with Crippen molar-refractivity contribution in [3.63, 3.8) is 0 Å². The lowest BCUT2D eigenvalue weighted by Gasteiger charge is -2.24. The fourth-order valence-electron chi connectivity index (χ4n) is 0.485. The molecule has 0 aromatic carbocycles. The standard InChI is InChI=1S/C6H14O3.3HNO3/c1-2-6(3-7,4-8)5-9;3*2-1(3)4/h7-9H,2-5H2,1H3;3*(H,2,3,4). The maximum Gasteiger partial charge on any atom is 0.291 e. The Labute approximate surface area is 116 Å². The molecule has 0 aromatic heterocycles. The second-order valence-corrected chi connectivity index (χ2v) is 3.04. The van der Waals surface area contributed by atoms with Gasteiger partial charge in [0.1, 0.15) is 0 Å². The molecule has 0 radical (unpaired) electrons. The topological polar surface area (TPSA) is 251 Å². The Morgan fingerprint density at radius 1 is 0.762 bits per heavy atom. The second kappa shape index (κ2) is 17.5. The molecule has 6 N–H and O–H groups in total. The van der Waals surface area contributed by atoms with Crippen LogP contribution in [0.4, 0.5) is 0 Å². The normalized spacial score (nSPS) is 8.57. The lowest BCUT2D eigenvalue weighted by Crippen LogP contribution is -2.32. The first-order chi connectivity index (χ1) is 9.44. The Hall–Kier alpha value is -2.52. The summed E-state index contributed by atoms with van der Waals surface area (Å²) in [5.41, 5.74) is -0.667. The molecule has 0 rings (SSSR count). The van der Waals surface area contributed by atoms with E-state index in [9.17, 15) is 0 Å². The molecule has 0 spiro atoms. The van der Waals surface area contributed by atoms with Crippen LogP contribution in [-0.4, -0.2) is 66.0 Å². The van der Waals surface area contributed by atoms with Gasteiger partial charge in [0.2, 0.25) is 0 Å². The summed E-state index contributed by atoms with van der Waals surface area (Å²) in [6.45, 7) is 1.35. The van der Waals surface area contributed by atoms with E-state index in [0.29, 0.717) is 6.42 Å². The van der Waals surface area contributed by atoms with Crippen molar-refractivity contribution in [1.29, 1.82) is 0 Å². The van der Waals surface area contributed by atoms with E-state index in [0.717, 1.165) is 0 Å². The van der Waals surface area contributed by atoms with Gasteiger partial charge in [-0.1, -0.05) is 6.92 Å². The molecular formula is C6H17N3O12. The summed E-state index contributed by atoms with van der Waals surface area (Å²) in [4.78, 5) is 25.1. The number of aliphatic hydroxyl groups is 3. The van der Waals surface area contributed by atoms with Crippen molar-refractivity contribution < 1.29 is 46.2 Å². The Balaban J connectivity index is -0.000000102. The van der Waals surface area contributed by atoms with Crippen LogP contribution in [0.2, 0.25) is 0 Å². The van der Waals surface area contributed by atoms with Gasteiger partial charge in [0.25, 0.3) is 15.3 Å². The van der Waals surface area contributed by atoms with Crippen molar-refractivity contribution in [1.82, 2.24) is 0 Å². The molecule has 15 heteroatoms. The van der Waals surface area contributed by atoms with Gasteiger partial charge < -0.3 is 30.9 Å². The summed E-state index contributed by atoms with van der Waals surface area (Å²) in [5.74, 6) is 0. The molecule has 21 heavy (non-hydrogen) atoms. The monoisotopic (exact) mass is 323 g/mol. The Morgan fingerprint density at radius 3 is 0.905 bits per heavy atom. The zero-order chi connectivity index (χ0) is 18.1. The molecule has 0 heterocycles. The lowest BCUT2D eigenvalue weighted by molar-refractivity contribution is -0.742. The quantitative estimate of drug-likeness (QED) is 0.250. The zero-order valence-corrected chi connectivity index (χ0v) is 10.8. The zero-order valence-electron chi connectivity index (χ0n) is 10.8. The van der Waals surface area contributed by atoms with Crippen molar-refractivity contribution in [2.24, 2.45) is 5.41 Å². The van der Waals surface area contributed by atoms with Gasteiger partial charge in [-0.3, -0.25) is 0 Å². The first kappa shape index (κ1) is 26.9. The molecule has 0 atom stereocenters. The van der Waals surface area contributed by atoms with Crippen LogP contribution in [0.5, 0.6) is 0 Å². The average molecular weight is 323 g/mol. The molecule has 0 saturated heterocycles. The van der Waals surface area contributed by atoms with E-state index in [1.54, 1.807) is 0 Å². The van der Waals surface area contributed by atoms with Gasteiger partial charge in [0.05, 0.1) is 19.8 Å². The molecule has 15 nitrogen and oxygen atoms in total. The van der Waals surface area contributed by atoms with E-state index >= 15 is 0 Å². The Kier molecular flexibility index (Phi) is 22.4. The van der Waals surface area contributed by atoms with Crippen molar-refractivity contribution in [3.05, 3.63) is 30.3 Å². The summed E-state index contributed by atoms with van der Waals surface area (Å²) in [6.07, 6.45) is 0.594. The van der Waals surface area contributed by atoms with E-state index in [-0.39, 0.29) is 19.8 Å². The molecular weight excluding hydrogens is 306 g/mol. The van der Waals surface area contributed by atoms with E-state index in [1.165, 1.54) is 0 Å². The number of nitrogens with zero attached hydrogens (tertiary/aromatic N) is 3. The maximum atomic E-state index is 8.66. The minimum absolute atomic E-state index is 0.156. The molecule has 0 aliphatic heterocycles. The van der Waals surface area contributed by atoms with Crippen molar-refractivity contribution >= 4 is 0 Å². The number of hydrogen-bond acceptors (Lipinski definition) is 9. The van der Waals surface area contributed by atoms with Gasteiger partial charge >= 0.3 is 0 Å². The highest BCUT2D eigenvalue weighted by atomic mass is 16.9. The summed E-state index contributed by atoms with van der Waals surface area (Å²) in [5, 5.41) is 66.9. The largest absolute Gasteiger partial charge is 0.396 e. The molecule has 0 bridgehead atoms. The second-order valence-electron chi connectivity index (χ2n) is 3.04. The smallest absolute Gasteiger partial charge is 0.291 e. The molecule has 0 fully saturated rings. The van der Waals surface area contributed by atoms with E-state index in [4.69, 9.17) is 61.3 Å². The predicted molar refractivity (Wildman–Crippen MR) is 60.3 cm³/mol. The van der Waals surface area contributed by atoms with Crippen LogP contribution in [0, 0.1) is 35.8 Å². The van der Waals surface area contributed by atoms with Crippen molar-refractivity contribution in [2.45, 2.75) is 13.3 Å². The van der Waals surface area contributed by atoms with E-state index in [1.807, 2.05) is 6.92 Å². The van der Waals surface area contributed by atoms with Gasteiger partial charge in [0.15, 0.2) is 0 Å². The molecule has 128 valence electrons. The van der Waals surface area contributed by atoms with Gasteiger partial charge in [-0.05, 0) is 6.42 Å². The highest BCUT2D eigenvalue weighted by Crippen LogP contribution is 2.18. The number of aliphatic hydroxyl groups excluding tert-OH is 3. The van der Waals surface area contributed by atoms with Crippen molar-refractivity contribution in [3.8, 4) is 0 Å². The maximum absolute atomic E-state index is 8.66. The van der Waals surface area contributed by atoms with E-state index < -0.39 is 20.7 Å². The Morgan fingerprint density at radius 2 is 0.905 bits per heavy atom. The molecule has 0 amide bonds. The number of rotatable bonds is 4. The lowest BCUT2D eigenvalue weighted by atomic mass is 9.88. The van der Waals surface area contributed by atoms with Crippen LogP contribution < -0.4 is 0 Å². The first-order valence-electron chi connectivity index (χ1n) is 4.77. The third-order valence-corrected chi connectivity index (χ3v) is 1.76. The first-order valence-corrected chi connectivity index (χ1v) is 4.77. The van der Waals surface area contributed by atoms with Crippen LogP contribution in [0.15, 0.2) is 0 Å². The molecule has 0 aliphatic carbocycles. The Bertz CT molecular complexity index is 222. The van der Waals surface area contributed by atoms with Crippen LogP contribution >= 0.6 is 0 Å². The van der Waals surface area contributed by atoms with Gasteiger partial charge in [-0.25, -0.2) is 0 Å². The van der Waals surface area contributed by atoms with Crippen LogP contribution in [-0.2, 0) is 0 Å². The third-order valence-electron chi connectivity index (χ3n) is 1.76. The van der Waals surface area contributed by atoms with Gasteiger partial charge in [-0.15, -0.1) is 30.3 Å². The summed E-state index contributed by atoms with van der Waals surface area (Å²) in [7, 11) is 0. The molecule has 0 aromatic rings. The average Bonchev–Trinajstić information content (AvgIpc) is 2.30.